The molecule has 0 aromatic heterocycles. The van der Waals surface area contributed by atoms with E-state index in [1.165, 1.54) is 0 Å². The molecular weight excluding hydrogens is 232 g/mol. The molecule has 1 amide bonds. The van der Waals surface area contributed by atoms with Gasteiger partial charge in [0.15, 0.2) is 0 Å². The van der Waals surface area contributed by atoms with E-state index in [0.29, 0.717) is 19.7 Å². The Morgan fingerprint density at radius 3 is 2.83 bits per heavy atom. The van der Waals surface area contributed by atoms with E-state index >= 15 is 0 Å². The van der Waals surface area contributed by atoms with E-state index in [9.17, 15) is 4.79 Å². The fraction of sp³-hybridized carbons (Fsp3) is 0.917. The van der Waals surface area contributed by atoms with Gasteiger partial charge in [0.1, 0.15) is 0 Å². The molecule has 0 aliphatic carbocycles. The smallest absolute Gasteiger partial charge is 0.234 e. The van der Waals surface area contributed by atoms with E-state index < -0.39 is 0 Å². The predicted molar refractivity (Wildman–Crippen MR) is 71.7 cm³/mol. The van der Waals surface area contributed by atoms with Crippen LogP contribution in [-0.2, 0) is 9.53 Å². The molecule has 0 atom stereocenters. The van der Waals surface area contributed by atoms with E-state index in [0.717, 1.165) is 39.3 Å². The summed E-state index contributed by atoms with van der Waals surface area (Å²) in [4.78, 5) is 16.0. The predicted octanol–water partition coefficient (Wildman–Crippen LogP) is -1.41. The number of nitrogens with one attached hydrogen (secondary N) is 2. The Labute approximate surface area is 110 Å². The summed E-state index contributed by atoms with van der Waals surface area (Å²) in [5.41, 5.74) is 0. The standard InChI is InChI=1S/C12H26N4O2/c1-15(11-12(17)14-5-10-18-2)8-9-16-6-3-13-4-7-16/h13H,3-11H2,1-2H3,(H,14,17). The van der Waals surface area contributed by atoms with Gasteiger partial charge in [-0.05, 0) is 7.05 Å². The maximum absolute atomic E-state index is 11.5. The van der Waals surface area contributed by atoms with Crippen LogP contribution in [0.15, 0.2) is 0 Å². The molecule has 18 heavy (non-hydrogen) atoms. The molecule has 0 spiro atoms. The number of piperazine rings is 1. The van der Waals surface area contributed by atoms with E-state index in [2.05, 4.69) is 20.4 Å². The molecule has 0 saturated carbocycles. The van der Waals surface area contributed by atoms with Crippen molar-refractivity contribution >= 4 is 5.91 Å². The molecule has 6 heteroatoms. The first kappa shape index (κ1) is 15.4. The highest BCUT2D eigenvalue weighted by Gasteiger charge is 2.11. The van der Waals surface area contributed by atoms with Crippen molar-refractivity contribution in [2.24, 2.45) is 0 Å². The lowest BCUT2D eigenvalue weighted by Gasteiger charge is -2.28. The maximum Gasteiger partial charge on any atom is 0.234 e. The number of nitrogens with zero attached hydrogens (tertiary/aromatic N) is 2. The number of hydrogen-bond donors (Lipinski definition) is 2. The molecule has 1 saturated heterocycles. The highest BCUT2D eigenvalue weighted by Crippen LogP contribution is 1.93. The van der Waals surface area contributed by atoms with Crippen LogP contribution >= 0.6 is 0 Å². The van der Waals surface area contributed by atoms with Crippen molar-refractivity contribution in [3.05, 3.63) is 0 Å². The average molecular weight is 258 g/mol. The quantitative estimate of drug-likeness (QED) is 0.524. The first-order valence-electron chi connectivity index (χ1n) is 6.59. The van der Waals surface area contributed by atoms with Crippen molar-refractivity contribution in [1.82, 2.24) is 20.4 Å². The van der Waals surface area contributed by atoms with Crippen molar-refractivity contribution in [2.75, 3.05) is 73.1 Å². The Morgan fingerprint density at radius 1 is 1.44 bits per heavy atom. The van der Waals surface area contributed by atoms with Crippen molar-refractivity contribution < 1.29 is 9.53 Å². The van der Waals surface area contributed by atoms with Crippen molar-refractivity contribution in [1.29, 1.82) is 0 Å². The van der Waals surface area contributed by atoms with Crippen LogP contribution in [0.4, 0.5) is 0 Å². The topological polar surface area (TPSA) is 56.8 Å². The molecule has 0 radical (unpaired) electrons. The zero-order valence-corrected chi connectivity index (χ0v) is 11.6. The molecular formula is C12H26N4O2. The van der Waals surface area contributed by atoms with Gasteiger partial charge in [-0.15, -0.1) is 0 Å². The molecule has 0 unspecified atom stereocenters. The Balaban J connectivity index is 2.04. The van der Waals surface area contributed by atoms with Crippen LogP contribution in [-0.4, -0.2) is 88.8 Å². The van der Waals surface area contributed by atoms with Crippen LogP contribution in [0, 0.1) is 0 Å². The molecule has 2 N–H and O–H groups in total. The lowest BCUT2D eigenvalue weighted by atomic mass is 10.3. The van der Waals surface area contributed by atoms with Gasteiger partial charge in [0.05, 0.1) is 13.2 Å². The van der Waals surface area contributed by atoms with Gasteiger partial charge in [-0.2, -0.15) is 0 Å². The van der Waals surface area contributed by atoms with Crippen molar-refractivity contribution in [3.8, 4) is 0 Å². The second-order valence-corrected chi connectivity index (χ2v) is 4.67. The highest BCUT2D eigenvalue weighted by molar-refractivity contribution is 5.77. The van der Waals surface area contributed by atoms with Crippen LogP contribution in [0.2, 0.25) is 0 Å². The second kappa shape index (κ2) is 9.27. The molecule has 6 nitrogen and oxygen atoms in total. The third-order valence-corrected chi connectivity index (χ3v) is 3.05. The van der Waals surface area contributed by atoms with E-state index in [1.807, 2.05) is 7.05 Å². The Morgan fingerprint density at radius 2 is 2.17 bits per heavy atom. The summed E-state index contributed by atoms with van der Waals surface area (Å²) in [6.45, 7) is 7.92. The number of rotatable bonds is 8. The number of amides is 1. The fourth-order valence-electron chi connectivity index (χ4n) is 1.92. The molecule has 1 aliphatic heterocycles. The number of carbonyl (C=O) groups is 1. The van der Waals surface area contributed by atoms with E-state index in [-0.39, 0.29) is 5.91 Å². The Kier molecular flexibility index (Phi) is 7.91. The number of likely N-dealkylation sites (N-methyl/N-ethyl adjacent to an activating group) is 1. The van der Waals surface area contributed by atoms with Crippen molar-refractivity contribution in [2.45, 2.75) is 0 Å². The molecule has 0 aromatic rings. The summed E-state index contributed by atoms with van der Waals surface area (Å²) in [5, 5.41) is 6.16. The van der Waals surface area contributed by atoms with Gasteiger partial charge in [-0.1, -0.05) is 0 Å². The van der Waals surface area contributed by atoms with Gasteiger partial charge in [-0.3, -0.25) is 14.6 Å². The first-order valence-corrected chi connectivity index (χ1v) is 6.59. The number of hydrogen-bond acceptors (Lipinski definition) is 5. The monoisotopic (exact) mass is 258 g/mol. The van der Waals surface area contributed by atoms with E-state index in [1.54, 1.807) is 7.11 Å². The molecule has 1 aliphatic rings. The average Bonchev–Trinajstić information content (AvgIpc) is 2.38. The molecule has 1 fully saturated rings. The molecule has 106 valence electrons. The Hall–Kier alpha value is -0.690. The maximum atomic E-state index is 11.5. The minimum Gasteiger partial charge on any atom is -0.383 e. The number of ether oxygens (including phenoxy) is 1. The normalized spacial score (nSPS) is 17.1. The second-order valence-electron chi connectivity index (χ2n) is 4.67. The van der Waals surface area contributed by atoms with Crippen LogP contribution in [0.3, 0.4) is 0 Å². The summed E-state index contributed by atoms with van der Waals surface area (Å²) < 4.78 is 4.88. The first-order chi connectivity index (χ1) is 8.72. The zero-order chi connectivity index (χ0) is 13.2. The number of carbonyl (C=O) groups excluding carboxylic acids is 1. The fourth-order valence-corrected chi connectivity index (χ4v) is 1.92. The van der Waals surface area contributed by atoms with Crippen molar-refractivity contribution in [3.63, 3.8) is 0 Å². The highest BCUT2D eigenvalue weighted by atomic mass is 16.5. The van der Waals surface area contributed by atoms with Gasteiger partial charge in [0, 0.05) is 52.9 Å². The lowest BCUT2D eigenvalue weighted by molar-refractivity contribution is -0.122. The number of methoxy groups -OCH3 is 1. The molecule has 1 heterocycles. The Bertz CT molecular complexity index is 232. The third kappa shape index (κ3) is 6.90. The van der Waals surface area contributed by atoms with Crippen LogP contribution in [0.25, 0.3) is 0 Å². The van der Waals surface area contributed by atoms with Gasteiger partial charge in [-0.25, -0.2) is 0 Å². The minimum atomic E-state index is 0.0647. The van der Waals surface area contributed by atoms with Gasteiger partial charge >= 0.3 is 0 Å². The van der Waals surface area contributed by atoms with Gasteiger partial charge in [0.2, 0.25) is 5.91 Å². The van der Waals surface area contributed by atoms with Crippen LogP contribution < -0.4 is 10.6 Å². The summed E-state index contributed by atoms with van der Waals surface area (Å²) in [7, 11) is 3.61. The summed E-state index contributed by atoms with van der Waals surface area (Å²) in [5.74, 6) is 0.0647. The molecule has 1 rings (SSSR count). The van der Waals surface area contributed by atoms with Crippen LogP contribution in [0.1, 0.15) is 0 Å². The summed E-state index contributed by atoms with van der Waals surface area (Å²) >= 11 is 0. The third-order valence-electron chi connectivity index (χ3n) is 3.05. The molecule has 0 bridgehead atoms. The lowest BCUT2D eigenvalue weighted by Crippen LogP contribution is -2.46. The molecule has 0 aromatic carbocycles. The SMILES string of the molecule is COCCNC(=O)CN(C)CCN1CCNCC1. The zero-order valence-electron chi connectivity index (χ0n) is 11.6. The van der Waals surface area contributed by atoms with E-state index in [4.69, 9.17) is 4.74 Å². The summed E-state index contributed by atoms with van der Waals surface area (Å²) in [6.07, 6.45) is 0. The summed E-state index contributed by atoms with van der Waals surface area (Å²) in [6, 6.07) is 0. The van der Waals surface area contributed by atoms with Crippen LogP contribution in [0.5, 0.6) is 0 Å². The van der Waals surface area contributed by atoms with Gasteiger partial charge < -0.3 is 15.4 Å². The minimum absolute atomic E-state index is 0.0647. The van der Waals surface area contributed by atoms with Gasteiger partial charge in [0.25, 0.3) is 0 Å². The largest absolute Gasteiger partial charge is 0.383 e.